The van der Waals surface area contributed by atoms with Crippen molar-refractivity contribution >= 4 is 5.78 Å². The van der Waals surface area contributed by atoms with Crippen LogP contribution in [0.25, 0.3) is 0 Å². The number of ketones is 1. The average molecular weight is 171 g/mol. The summed E-state index contributed by atoms with van der Waals surface area (Å²) in [6.45, 7) is 5.08. The summed E-state index contributed by atoms with van der Waals surface area (Å²) in [7, 11) is 1.83. The minimum atomic E-state index is -0.395. The van der Waals surface area contributed by atoms with Crippen molar-refractivity contribution in [3.05, 3.63) is 0 Å². The first kappa shape index (κ1) is 9.68. The zero-order valence-corrected chi connectivity index (χ0v) is 8.02. The van der Waals surface area contributed by atoms with Crippen LogP contribution in [-0.2, 0) is 9.53 Å². The highest BCUT2D eigenvalue weighted by Crippen LogP contribution is 2.22. The summed E-state index contributed by atoms with van der Waals surface area (Å²) in [6, 6.07) is 0. The lowest BCUT2D eigenvalue weighted by atomic mass is 9.87. The molecule has 0 bridgehead atoms. The standard InChI is InChI=1S/C9H17NO2/c1-7(2)8(11)9(10-3)4-5-12-6-9/h7,10H,4-6H2,1-3H3. The molecule has 0 amide bonds. The Labute approximate surface area is 73.5 Å². The van der Waals surface area contributed by atoms with Crippen LogP contribution in [0.15, 0.2) is 0 Å². The Bertz CT molecular complexity index is 171. The molecule has 1 N–H and O–H groups in total. The molecule has 0 radical (unpaired) electrons. The highest BCUT2D eigenvalue weighted by molar-refractivity contribution is 5.90. The number of Topliss-reactive ketones (excluding diaryl/α,β-unsaturated/α-hetero) is 1. The van der Waals surface area contributed by atoms with E-state index < -0.39 is 5.54 Å². The van der Waals surface area contributed by atoms with Crippen molar-refractivity contribution in [3.63, 3.8) is 0 Å². The first-order chi connectivity index (χ1) is 5.62. The molecule has 0 aromatic carbocycles. The molecule has 1 aliphatic rings. The first-order valence-electron chi connectivity index (χ1n) is 4.43. The summed E-state index contributed by atoms with van der Waals surface area (Å²) in [4.78, 5) is 11.8. The SMILES string of the molecule is CNC1(C(=O)C(C)C)CCOC1. The fourth-order valence-electron chi connectivity index (χ4n) is 1.63. The van der Waals surface area contributed by atoms with Crippen molar-refractivity contribution < 1.29 is 9.53 Å². The molecule has 0 saturated carbocycles. The number of carbonyl (C=O) groups excluding carboxylic acids is 1. The van der Waals surface area contributed by atoms with Gasteiger partial charge in [-0.2, -0.15) is 0 Å². The first-order valence-corrected chi connectivity index (χ1v) is 4.43. The topological polar surface area (TPSA) is 38.3 Å². The van der Waals surface area contributed by atoms with Crippen molar-refractivity contribution in [2.24, 2.45) is 5.92 Å². The van der Waals surface area contributed by atoms with Gasteiger partial charge >= 0.3 is 0 Å². The van der Waals surface area contributed by atoms with Crippen molar-refractivity contribution in [1.29, 1.82) is 0 Å². The van der Waals surface area contributed by atoms with Gasteiger partial charge in [0.05, 0.1) is 6.61 Å². The van der Waals surface area contributed by atoms with Gasteiger partial charge in [-0.15, -0.1) is 0 Å². The molecule has 1 heterocycles. The predicted molar refractivity (Wildman–Crippen MR) is 47.1 cm³/mol. The van der Waals surface area contributed by atoms with Gasteiger partial charge in [-0.25, -0.2) is 0 Å². The van der Waals surface area contributed by atoms with Gasteiger partial charge < -0.3 is 10.1 Å². The molecule has 3 nitrogen and oxygen atoms in total. The Morgan fingerprint density at radius 3 is 2.58 bits per heavy atom. The van der Waals surface area contributed by atoms with Crippen LogP contribution in [0.3, 0.4) is 0 Å². The Balaban J connectivity index is 2.72. The third kappa shape index (κ3) is 1.52. The van der Waals surface area contributed by atoms with Crippen LogP contribution >= 0.6 is 0 Å². The van der Waals surface area contributed by atoms with E-state index in [-0.39, 0.29) is 11.7 Å². The van der Waals surface area contributed by atoms with Gasteiger partial charge in [0, 0.05) is 12.5 Å². The van der Waals surface area contributed by atoms with Gasteiger partial charge in [0.15, 0.2) is 5.78 Å². The summed E-state index contributed by atoms with van der Waals surface area (Å²) < 4.78 is 5.24. The summed E-state index contributed by atoms with van der Waals surface area (Å²) in [5.41, 5.74) is -0.395. The summed E-state index contributed by atoms with van der Waals surface area (Å²) in [6.07, 6.45) is 0.806. The quantitative estimate of drug-likeness (QED) is 0.675. The molecule has 0 aliphatic carbocycles. The molecule has 12 heavy (non-hydrogen) atoms. The Morgan fingerprint density at radius 1 is 1.58 bits per heavy atom. The zero-order valence-electron chi connectivity index (χ0n) is 8.02. The average Bonchev–Trinajstić information content (AvgIpc) is 2.52. The number of hydrogen-bond acceptors (Lipinski definition) is 3. The van der Waals surface area contributed by atoms with E-state index in [0.717, 1.165) is 6.42 Å². The van der Waals surface area contributed by atoms with Crippen molar-refractivity contribution in [2.45, 2.75) is 25.8 Å². The maximum Gasteiger partial charge on any atom is 0.157 e. The van der Waals surface area contributed by atoms with Gasteiger partial charge in [-0.1, -0.05) is 13.8 Å². The number of nitrogens with one attached hydrogen (secondary N) is 1. The lowest BCUT2D eigenvalue weighted by Gasteiger charge is -2.26. The smallest absolute Gasteiger partial charge is 0.157 e. The summed E-state index contributed by atoms with van der Waals surface area (Å²) in [5, 5.41) is 3.08. The molecule has 1 aliphatic heterocycles. The Hall–Kier alpha value is -0.410. The zero-order chi connectivity index (χ0) is 9.19. The largest absolute Gasteiger partial charge is 0.379 e. The fourth-order valence-corrected chi connectivity index (χ4v) is 1.63. The summed E-state index contributed by atoms with van der Waals surface area (Å²) in [5.74, 6) is 0.349. The predicted octanol–water partition coefficient (Wildman–Crippen LogP) is 0.590. The molecule has 1 atom stereocenters. The molecular formula is C9H17NO2. The molecule has 1 saturated heterocycles. The van der Waals surface area contributed by atoms with E-state index >= 15 is 0 Å². The van der Waals surface area contributed by atoms with E-state index in [4.69, 9.17) is 4.74 Å². The van der Waals surface area contributed by atoms with E-state index in [1.165, 1.54) is 0 Å². The number of rotatable bonds is 3. The van der Waals surface area contributed by atoms with Crippen LogP contribution in [0, 0.1) is 5.92 Å². The lowest BCUT2D eigenvalue weighted by Crippen LogP contribution is -2.52. The summed E-state index contributed by atoms with van der Waals surface area (Å²) >= 11 is 0. The van der Waals surface area contributed by atoms with Gasteiger partial charge in [0.2, 0.25) is 0 Å². The fraction of sp³-hybridized carbons (Fsp3) is 0.889. The monoisotopic (exact) mass is 171 g/mol. The molecule has 1 rings (SSSR count). The second-order valence-electron chi connectivity index (χ2n) is 3.65. The van der Waals surface area contributed by atoms with E-state index in [2.05, 4.69) is 5.32 Å². The van der Waals surface area contributed by atoms with Crippen LogP contribution < -0.4 is 5.32 Å². The van der Waals surface area contributed by atoms with Crippen LogP contribution in [0.2, 0.25) is 0 Å². The maximum atomic E-state index is 11.8. The maximum absolute atomic E-state index is 11.8. The molecule has 0 aromatic heterocycles. The molecule has 0 aromatic rings. The highest BCUT2D eigenvalue weighted by Gasteiger charge is 2.41. The Kier molecular flexibility index (Phi) is 2.85. The van der Waals surface area contributed by atoms with Gasteiger partial charge in [-0.3, -0.25) is 4.79 Å². The number of ether oxygens (including phenoxy) is 1. The second-order valence-corrected chi connectivity index (χ2v) is 3.65. The van der Waals surface area contributed by atoms with Crippen LogP contribution in [0.1, 0.15) is 20.3 Å². The third-order valence-corrected chi connectivity index (χ3v) is 2.50. The minimum Gasteiger partial charge on any atom is -0.379 e. The molecule has 70 valence electrons. The number of carbonyl (C=O) groups is 1. The van der Waals surface area contributed by atoms with Gasteiger partial charge in [0.25, 0.3) is 0 Å². The molecular weight excluding hydrogens is 154 g/mol. The molecule has 1 fully saturated rings. The third-order valence-electron chi connectivity index (χ3n) is 2.50. The van der Waals surface area contributed by atoms with Crippen LogP contribution in [0.4, 0.5) is 0 Å². The minimum absolute atomic E-state index is 0.0825. The van der Waals surface area contributed by atoms with E-state index in [1.807, 2.05) is 20.9 Å². The molecule has 0 spiro atoms. The van der Waals surface area contributed by atoms with Crippen molar-refractivity contribution in [3.8, 4) is 0 Å². The van der Waals surface area contributed by atoms with E-state index in [0.29, 0.717) is 13.2 Å². The Morgan fingerprint density at radius 2 is 2.25 bits per heavy atom. The molecule has 1 unspecified atom stereocenters. The lowest BCUT2D eigenvalue weighted by molar-refractivity contribution is -0.128. The highest BCUT2D eigenvalue weighted by atomic mass is 16.5. The van der Waals surface area contributed by atoms with Crippen molar-refractivity contribution in [2.75, 3.05) is 20.3 Å². The van der Waals surface area contributed by atoms with E-state index in [1.54, 1.807) is 0 Å². The van der Waals surface area contributed by atoms with Crippen LogP contribution in [-0.4, -0.2) is 31.6 Å². The number of likely N-dealkylation sites (N-methyl/N-ethyl adjacent to an activating group) is 1. The van der Waals surface area contributed by atoms with E-state index in [9.17, 15) is 4.79 Å². The normalized spacial score (nSPS) is 29.7. The van der Waals surface area contributed by atoms with Gasteiger partial charge in [-0.05, 0) is 13.5 Å². The van der Waals surface area contributed by atoms with Crippen LogP contribution in [0.5, 0.6) is 0 Å². The second kappa shape index (κ2) is 3.54. The van der Waals surface area contributed by atoms with Gasteiger partial charge in [0.1, 0.15) is 5.54 Å². The van der Waals surface area contributed by atoms with Crippen molar-refractivity contribution in [1.82, 2.24) is 5.32 Å². The number of hydrogen-bond donors (Lipinski definition) is 1. The molecule has 3 heteroatoms.